The molecule has 0 aromatic carbocycles. The summed E-state index contributed by atoms with van der Waals surface area (Å²) >= 11 is 1.99. The number of nitrogens with zero attached hydrogens (tertiary/aromatic N) is 2. The fraction of sp³-hybridized carbons (Fsp3) is 0.583. The number of hydrogen-bond acceptors (Lipinski definition) is 6. The quantitative estimate of drug-likeness (QED) is 0.678. The number of thioether (sulfide) groups is 1. The second kappa shape index (κ2) is 6.04. The lowest BCUT2D eigenvalue weighted by Gasteiger charge is -2.37. The van der Waals surface area contributed by atoms with E-state index in [9.17, 15) is 9.79 Å². The average molecular weight is 299 g/mol. The Kier molecular flexibility index (Phi) is 4.37. The highest BCUT2D eigenvalue weighted by Gasteiger charge is 2.29. The van der Waals surface area contributed by atoms with E-state index in [0.717, 1.165) is 43.4 Å². The molecule has 0 amide bonds. The molecule has 2 aliphatic rings. The molecule has 1 aromatic heterocycles. The van der Waals surface area contributed by atoms with Crippen LogP contribution in [0, 0.1) is 0 Å². The lowest BCUT2D eigenvalue weighted by atomic mass is 10.0. The first-order valence-corrected chi connectivity index (χ1v) is 8.86. The van der Waals surface area contributed by atoms with Crippen molar-refractivity contribution in [1.29, 1.82) is 0 Å². The van der Waals surface area contributed by atoms with E-state index in [-0.39, 0.29) is 6.04 Å². The van der Waals surface area contributed by atoms with E-state index in [0.29, 0.717) is 5.44 Å². The molecule has 3 N–H and O–H groups in total. The van der Waals surface area contributed by atoms with Gasteiger partial charge in [0.2, 0.25) is 8.38 Å². The first kappa shape index (κ1) is 13.7. The Balaban J connectivity index is 1.90. The minimum Gasteiger partial charge on any atom is -0.346 e. The van der Waals surface area contributed by atoms with Crippen LogP contribution in [0.15, 0.2) is 12.1 Å². The van der Waals surface area contributed by atoms with E-state index in [1.807, 2.05) is 17.8 Å². The molecule has 19 heavy (non-hydrogen) atoms. The molecule has 1 saturated heterocycles. The van der Waals surface area contributed by atoms with Crippen LogP contribution >= 0.6 is 20.1 Å². The minimum atomic E-state index is -2.10. The van der Waals surface area contributed by atoms with E-state index in [1.54, 1.807) is 6.07 Å². The number of hydrogen-bond donors (Lipinski definition) is 3. The topological polar surface area (TPSA) is 68.6 Å². The zero-order valence-electron chi connectivity index (χ0n) is 10.6. The molecular formula is C12H18N3O2PS. The van der Waals surface area contributed by atoms with Crippen molar-refractivity contribution < 1.29 is 9.79 Å². The van der Waals surface area contributed by atoms with Crippen molar-refractivity contribution in [3.05, 3.63) is 23.4 Å². The fourth-order valence-electron chi connectivity index (χ4n) is 2.67. The molecule has 1 unspecified atom stereocenters. The molecule has 1 aromatic rings. The van der Waals surface area contributed by atoms with Crippen LogP contribution in [-0.4, -0.2) is 50.8 Å². The minimum absolute atomic E-state index is 0.263. The largest absolute Gasteiger partial charge is 0.346 e. The van der Waals surface area contributed by atoms with Crippen LogP contribution in [0.4, 0.5) is 0 Å². The summed E-state index contributed by atoms with van der Waals surface area (Å²) in [4.78, 5) is 25.7. The van der Waals surface area contributed by atoms with Crippen LogP contribution in [0.5, 0.6) is 0 Å². The summed E-state index contributed by atoms with van der Waals surface area (Å²) in [5, 5.41) is 3.43. The average Bonchev–Trinajstić information content (AvgIpc) is 2.47. The van der Waals surface area contributed by atoms with Gasteiger partial charge < -0.3 is 15.1 Å². The highest BCUT2D eigenvalue weighted by molar-refractivity contribution is 7.99. The number of fused-ring (bicyclic) bond motifs is 1. The van der Waals surface area contributed by atoms with E-state index < -0.39 is 8.38 Å². The number of nitrogens with one attached hydrogen (secondary N) is 1. The number of aromatic nitrogens is 1. The molecule has 7 heteroatoms. The maximum atomic E-state index is 9.35. The number of rotatable bonds is 2. The Labute approximate surface area is 118 Å². The first-order valence-electron chi connectivity index (χ1n) is 6.46. The smallest absolute Gasteiger partial charge is 0.219 e. The molecule has 5 nitrogen and oxygen atoms in total. The van der Waals surface area contributed by atoms with Gasteiger partial charge in [0.15, 0.2) is 0 Å². The van der Waals surface area contributed by atoms with Gasteiger partial charge in [-0.1, -0.05) is 6.07 Å². The summed E-state index contributed by atoms with van der Waals surface area (Å²) in [5.74, 6) is 2.33. The van der Waals surface area contributed by atoms with Crippen molar-refractivity contribution in [3.8, 4) is 0 Å². The Bertz CT molecular complexity index is 455. The molecule has 1 fully saturated rings. The highest BCUT2D eigenvalue weighted by atomic mass is 32.2. The standard InChI is InChI=1S/C12H18N3O2PS/c16-18(17)11-2-1-9-7-13-8-10(12(9)14-11)15-3-5-19-6-4-15/h1-2,10,13,16-17H,3-8H2. The van der Waals surface area contributed by atoms with Crippen molar-refractivity contribution in [3.63, 3.8) is 0 Å². The predicted octanol–water partition coefficient (Wildman–Crippen LogP) is 0.196. The van der Waals surface area contributed by atoms with Crippen molar-refractivity contribution in [2.75, 3.05) is 31.1 Å². The third-order valence-corrected chi connectivity index (χ3v) is 5.26. The molecule has 1 atom stereocenters. The van der Waals surface area contributed by atoms with Gasteiger partial charge in [0.1, 0.15) is 5.44 Å². The zero-order chi connectivity index (χ0) is 13.2. The van der Waals surface area contributed by atoms with Gasteiger partial charge in [0, 0.05) is 37.7 Å². The van der Waals surface area contributed by atoms with E-state index in [2.05, 4.69) is 15.2 Å². The second-order valence-electron chi connectivity index (χ2n) is 4.80. The Morgan fingerprint density at radius 1 is 1.32 bits per heavy atom. The summed E-state index contributed by atoms with van der Waals surface area (Å²) in [5.41, 5.74) is 2.61. The van der Waals surface area contributed by atoms with Crippen LogP contribution in [0.1, 0.15) is 17.3 Å². The fourth-order valence-corrected chi connectivity index (χ4v) is 4.01. The molecule has 0 saturated carbocycles. The van der Waals surface area contributed by atoms with Gasteiger partial charge in [-0.15, -0.1) is 0 Å². The maximum absolute atomic E-state index is 9.35. The third kappa shape index (κ3) is 2.94. The molecular weight excluding hydrogens is 281 g/mol. The molecule has 2 aliphatic heterocycles. The van der Waals surface area contributed by atoms with E-state index in [1.165, 1.54) is 5.56 Å². The Morgan fingerprint density at radius 3 is 2.84 bits per heavy atom. The molecule has 0 spiro atoms. The first-order chi connectivity index (χ1) is 9.25. The SMILES string of the molecule is OP(O)c1ccc2c(n1)C(N1CCSCC1)CNC2. The Hall–Kier alpha value is -0.230. The summed E-state index contributed by atoms with van der Waals surface area (Å²) in [6.45, 7) is 3.87. The molecule has 0 aliphatic carbocycles. The lowest BCUT2D eigenvalue weighted by Crippen LogP contribution is -2.44. The zero-order valence-corrected chi connectivity index (χ0v) is 12.3. The van der Waals surface area contributed by atoms with Gasteiger partial charge in [-0.05, 0) is 11.6 Å². The van der Waals surface area contributed by atoms with Gasteiger partial charge in [-0.3, -0.25) is 4.90 Å². The van der Waals surface area contributed by atoms with E-state index >= 15 is 0 Å². The molecule has 0 bridgehead atoms. The summed E-state index contributed by atoms with van der Waals surface area (Å²) in [6.07, 6.45) is 0. The van der Waals surface area contributed by atoms with Crippen LogP contribution < -0.4 is 10.8 Å². The summed E-state index contributed by atoms with van der Waals surface area (Å²) in [7, 11) is -2.10. The van der Waals surface area contributed by atoms with Crippen LogP contribution in [-0.2, 0) is 6.54 Å². The third-order valence-electron chi connectivity index (χ3n) is 3.66. The second-order valence-corrected chi connectivity index (χ2v) is 7.06. The lowest BCUT2D eigenvalue weighted by molar-refractivity contribution is 0.199. The van der Waals surface area contributed by atoms with Crippen molar-refractivity contribution in [1.82, 2.24) is 15.2 Å². The summed E-state index contributed by atoms with van der Waals surface area (Å²) < 4.78 is 0. The Morgan fingerprint density at radius 2 is 2.11 bits per heavy atom. The van der Waals surface area contributed by atoms with Gasteiger partial charge in [-0.2, -0.15) is 11.8 Å². The summed E-state index contributed by atoms with van der Waals surface area (Å²) in [6, 6.07) is 3.96. The van der Waals surface area contributed by atoms with Gasteiger partial charge >= 0.3 is 0 Å². The van der Waals surface area contributed by atoms with Crippen molar-refractivity contribution in [2.45, 2.75) is 12.6 Å². The molecule has 3 heterocycles. The normalized spacial score (nSPS) is 24.5. The van der Waals surface area contributed by atoms with Gasteiger partial charge in [0.25, 0.3) is 0 Å². The van der Waals surface area contributed by atoms with Gasteiger partial charge in [-0.25, -0.2) is 4.98 Å². The van der Waals surface area contributed by atoms with Crippen LogP contribution in [0.3, 0.4) is 0 Å². The van der Waals surface area contributed by atoms with Crippen molar-refractivity contribution in [2.24, 2.45) is 0 Å². The van der Waals surface area contributed by atoms with Crippen LogP contribution in [0.2, 0.25) is 0 Å². The highest BCUT2D eigenvalue weighted by Crippen LogP contribution is 2.29. The molecule has 0 radical (unpaired) electrons. The molecule has 104 valence electrons. The monoisotopic (exact) mass is 299 g/mol. The number of pyridine rings is 1. The molecule has 3 rings (SSSR count). The maximum Gasteiger partial charge on any atom is 0.219 e. The van der Waals surface area contributed by atoms with Gasteiger partial charge in [0.05, 0.1) is 11.7 Å². The van der Waals surface area contributed by atoms with Crippen LogP contribution in [0.25, 0.3) is 0 Å². The van der Waals surface area contributed by atoms with E-state index in [4.69, 9.17) is 0 Å². The predicted molar refractivity (Wildman–Crippen MR) is 78.6 cm³/mol. The van der Waals surface area contributed by atoms with Crippen molar-refractivity contribution >= 4 is 25.6 Å².